The summed E-state index contributed by atoms with van der Waals surface area (Å²) in [5.41, 5.74) is 4.75. The molecule has 0 aliphatic rings. The van der Waals surface area contributed by atoms with Crippen molar-refractivity contribution in [2.75, 3.05) is 10.6 Å². The van der Waals surface area contributed by atoms with Gasteiger partial charge in [-0.3, -0.25) is 14.3 Å². The Kier molecular flexibility index (Phi) is 8.00. The number of carbonyl (C=O) groups is 2. The van der Waals surface area contributed by atoms with E-state index in [2.05, 4.69) is 36.5 Å². The summed E-state index contributed by atoms with van der Waals surface area (Å²) in [6.45, 7) is 13.3. The minimum atomic E-state index is -0.0306. The van der Waals surface area contributed by atoms with E-state index in [-0.39, 0.29) is 11.8 Å². The molecule has 0 aliphatic heterocycles. The molecule has 2 N–H and O–H groups in total. The standard InChI is InChI=1S/C23H34N4O2/c1-15(2)13-23(29)25-20-9-7-19(8-10-20)24-22(28)12-11-21-17(5)26-27(18(21)6)14-16(3)4/h7-10,15-16H,11-14H2,1-6H3,(H,24,28)(H,25,29). The lowest BCUT2D eigenvalue weighted by molar-refractivity contribution is -0.117. The van der Waals surface area contributed by atoms with Gasteiger partial charge >= 0.3 is 0 Å². The molecule has 2 rings (SSSR count). The Bertz CT molecular complexity index is 835. The molecule has 1 heterocycles. The number of nitrogens with one attached hydrogen (secondary N) is 2. The van der Waals surface area contributed by atoms with Crippen LogP contribution in [0.15, 0.2) is 24.3 Å². The van der Waals surface area contributed by atoms with Crippen LogP contribution in [0.4, 0.5) is 11.4 Å². The molecule has 2 aromatic rings. The summed E-state index contributed by atoms with van der Waals surface area (Å²) in [5, 5.41) is 10.4. The number of anilines is 2. The van der Waals surface area contributed by atoms with Crippen LogP contribution in [-0.4, -0.2) is 21.6 Å². The van der Waals surface area contributed by atoms with Crippen LogP contribution in [0.25, 0.3) is 0 Å². The predicted molar refractivity (Wildman–Crippen MR) is 118 cm³/mol. The monoisotopic (exact) mass is 398 g/mol. The van der Waals surface area contributed by atoms with Crippen molar-refractivity contribution in [3.05, 3.63) is 41.2 Å². The molecule has 1 aromatic carbocycles. The Labute approximate surface area is 174 Å². The fourth-order valence-electron chi connectivity index (χ4n) is 3.30. The van der Waals surface area contributed by atoms with Crippen LogP contribution in [0, 0.1) is 25.7 Å². The summed E-state index contributed by atoms with van der Waals surface area (Å²) < 4.78 is 2.04. The largest absolute Gasteiger partial charge is 0.326 e. The van der Waals surface area contributed by atoms with E-state index in [4.69, 9.17) is 0 Å². The van der Waals surface area contributed by atoms with Gasteiger partial charge in [0.25, 0.3) is 0 Å². The van der Waals surface area contributed by atoms with Crippen LogP contribution >= 0.6 is 0 Å². The summed E-state index contributed by atoms with van der Waals surface area (Å²) in [4.78, 5) is 24.2. The molecule has 158 valence electrons. The Balaban J connectivity index is 1.88. The predicted octanol–water partition coefficient (Wildman–Crippen LogP) is 4.71. The van der Waals surface area contributed by atoms with E-state index >= 15 is 0 Å². The summed E-state index contributed by atoms with van der Waals surface area (Å²) in [6, 6.07) is 7.22. The fourth-order valence-corrected chi connectivity index (χ4v) is 3.30. The normalized spacial score (nSPS) is 11.2. The highest BCUT2D eigenvalue weighted by atomic mass is 16.2. The molecule has 6 nitrogen and oxygen atoms in total. The van der Waals surface area contributed by atoms with Gasteiger partial charge in [-0.2, -0.15) is 5.10 Å². The summed E-state index contributed by atoms with van der Waals surface area (Å²) >= 11 is 0. The third-order valence-electron chi connectivity index (χ3n) is 4.72. The first kappa shape index (κ1) is 22.7. The average molecular weight is 399 g/mol. The van der Waals surface area contributed by atoms with E-state index in [1.807, 2.05) is 25.5 Å². The van der Waals surface area contributed by atoms with Gasteiger partial charge in [-0.05, 0) is 61.9 Å². The van der Waals surface area contributed by atoms with Crippen molar-refractivity contribution in [2.45, 2.75) is 67.3 Å². The highest BCUT2D eigenvalue weighted by Crippen LogP contribution is 2.18. The molecule has 1 aromatic heterocycles. The minimum absolute atomic E-state index is 0.000499. The Morgan fingerprint density at radius 1 is 0.931 bits per heavy atom. The molecule has 2 amide bonds. The lowest BCUT2D eigenvalue weighted by Crippen LogP contribution is -2.14. The van der Waals surface area contributed by atoms with E-state index < -0.39 is 0 Å². The molecular weight excluding hydrogens is 364 g/mol. The Hall–Kier alpha value is -2.63. The van der Waals surface area contributed by atoms with Crippen LogP contribution in [0.3, 0.4) is 0 Å². The lowest BCUT2D eigenvalue weighted by atomic mass is 10.1. The number of rotatable bonds is 9. The smallest absolute Gasteiger partial charge is 0.224 e. The maximum atomic E-state index is 12.4. The van der Waals surface area contributed by atoms with E-state index in [0.717, 1.165) is 34.9 Å². The average Bonchev–Trinajstić information content (AvgIpc) is 2.87. The van der Waals surface area contributed by atoms with Gasteiger partial charge in [0.1, 0.15) is 0 Å². The molecule has 0 saturated carbocycles. The zero-order valence-corrected chi connectivity index (χ0v) is 18.5. The minimum Gasteiger partial charge on any atom is -0.326 e. The first-order valence-electron chi connectivity index (χ1n) is 10.4. The van der Waals surface area contributed by atoms with E-state index in [1.165, 1.54) is 0 Å². The van der Waals surface area contributed by atoms with Crippen LogP contribution in [0.5, 0.6) is 0 Å². The number of nitrogens with zero attached hydrogens (tertiary/aromatic N) is 2. The van der Waals surface area contributed by atoms with Crippen LogP contribution in [0.1, 0.15) is 57.5 Å². The summed E-state index contributed by atoms with van der Waals surface area (Å²) in [5.74, 6) is 0.818. The Morgan fingerprint density at radius 3 is 2.00 bits per heavy atom. The van der Waals surface area contributed by atoms with Gasteiger partial charge < -0.3 is 10.6 Å². The second-order valence-corrected chi connectivity index (χ2v) is 8.50. The van der Waals surface area contributed by atoms with Crippen molar-refractivity contribution in [1.29, 1.82) is 0 Å². The second-order valence-electron chi connectivity index (χ2n) is 8.50. The quantitative estimate of drug-likeness (QED) is 0.642. The lowest BCUT2D eigenvalue weighted by Gasteiger charge is -2.10. The number of aromatic nitrogens is 2. The van der Waals surface area contributed by atoms with Crippen molar-refractivity contribution >= 4 is 23.2 Å². The molecule has 0 aliphatic carbocycles. The summed E-state index contributed by atoms with van der Waals surface area (Å²) in [7, 11) is 0. The van der Waals surface area contributed by atoms with Gasteiger partial charge in [0.15, 0.2) is 0 Å². The summed E-state index contributed by atoms with van der Waals surface area (Å²) in [6.07, 6.45) is 1.57. The maximum Gasteiger partial charge on any atom is 0.224 e. The zero-order valence-electron chi connectivity index (χ0n) is 18.5. The first-order chi connectivity index (χ1) is 13.7. The maximum absolute atomic E-state index is 12.4. The van der Waals surface area contributed by atoms with Crippen molar-refractivity contribution < 1.29 is 9.59 Å². The van der Waals surface area contributed by atoms with Gasteiger partial charge in [0, 0.05) is 36.5 Å². The molecule has 6 heteroatoms. The highest BCUT2D eigenvalue weighted by Gasteiger charge is 2.14. The fraction of sp³-hybridized carbons (Fsp3) is 0.522. The van der Waals surface area contributed by atoms with Gasteiger partial charge in [0.2, 0.25) is 11.8 Å². The van der Waals surface area contributed by atoms with E-state index in [1.54, 1.807) is 24.3 Å². The molecule has 0 bridgehead atoms. The molecule has 0 saturated heterocycles. The molecule has 29 heavy (non-hydrogen) atoms. The highest BCUT2D eigenvalue weighted by molar-refractivity contribution is 5.93. The molecular formula is C23H34N4O2. The second kappa shape index (κ2) is 10.2. The van der Waals surface area contributed by atoms with Crippen molar-refractivity contribution in [3.63, 3.8) is 0 Å². The molecule has 0 spiro atoms. The Morgan fingerprint density at radius 2 is 1.48 bits per heavy atom. The van der Waals surface area contributed by atoms with Crippen LogP contribution in [-0.2, 0) is 22.6 Å². The third-order valence-corrected chi connectivity index (χ3v) is 4.72. The van der Waals surface area contributed by atoms with Crippen molar-refractivity contribution in [2.24, 2.45) is 11.8 Å². The zero-order chi connectivity index (χ0) is 21.6. The van der Waals surface area contributed by atoms with Gasteiger partial charge in [0.05, 0.1) is 5.69 Å². The number of hydrogen-bond acceptors (Lipinski definition) is 3. The number of carbonyl (C=O) groups excluding carboxylic acids is 2. The number of benzene rings is 1. The van der Waals surface area contributed by atoms with Gasteiger partial charge in [-0.25, -0.2) is 0 Å². The molecule has 0 atom stereocenters. The molecule has 0 unspecified atom stereocenters. The molecule has 0 fully saturated rings. The SMILES string of the molecule is Cc1nn(CC(C)C)c(C)c1CCC(=O)Nc1ccc(NC(=O)CC(C)C)cc1. The van der Waals surface area contributed by atoms with Gasteiger partial charge in [-0.15, -0.1) is 0 Å². The molecule has 0 radical (unpaired) electrons. The van der Waals surface area contributed by atoms with E-state index in [9.17, 15) is 9.59 Å². The topological polar surface area (TPSA) is 76.0 Å². The third kappa shape index (κ3) is 7.04. The van der Waals surface area contributed by atoms with Crippen LogP contribution < -0.4 is 10.6 Å². The van der Waals surface area contributed by atoms with Gasteiger partial charge in [-0.1, -0.05) is 27.7 Å². The number of hydrogen-bond donors (Lipinski definition) is 2. The first-order valence-corrected chi connectivity index (χ1v) is 10.4. The number of amides is 2. The van der Waals surface area contributed by atoms with Crippen molar-refractivity contribution in [3.8, 4) is 0 Å². The van der Waals surface area contributed by atoms with Crippen molar-refractivity contribution in [1.82, 2.24) is 9.78 Å². The van der Waals surface area contributed by atoms with E-state index in [0.29, 0.717) is 31.1 Å². The number of aryl methyl sites for hydroxylation is 1. The van der Waals surface area contributed by atoms with Crippen LogP contribution in [0.2, 0.25) is 0 Å².